The van der Waals surface area contributed by atoms with E-state index in [1.807, 2.05) is 0 Å². The molecule has 0 aromatic heterocycles. The second-order valence-electron chi connectivity index (χ2n) is 10.6. The number of piperidine rings is 3. The molecular weight excluding hydrogens is 362 g/mol. The second kappa shape index (κ2) is 8.56. The first-order valence-electron chi connectivity index (χ1n) is 12.5. The second-order valence-corrected chi connectivity index (χ2v) is 10.6. The lowest BCUT2D eigenvalue weighted by Gasteiger charge is -2.58. The lowest BCUT2D eigenvalue weighted by Crippen LogP contribution is -2.66. The number of amides is 2. The van der Waals surface area contributed by atoms with E-state index in [0.717, 1.165) is 44.7 Å². The van der Waals surface area contributed by atoms with Crippen LogP contribution in [-0.4, -0.2) is 59.9 Å². The van der Waals surface area contributed by atoms with Crippen LogP contribution in [0.15, 0.2) is 0 Å². The molecular formula is C24H39N3O2. The minimum absolute atomic E-state index is 0.213. The van der Waals surface area contributed by atoms with Crippen molar-refractivity contribution in [3.63, 3.8) is 0 Å². The predicted molar refractivity (Wildman–Crippen MR) is 113 cm³/mol. The molecule has 4 atom stereocenters. The van der Waals surface area contributed by atoms with Gasteiger partial charge in [0.1, 0.15) is 0 Å². The summed E-state index contributed by atoms with van der Waals surface area (Å²) in [5.74, 6) is 2.99. The Morgan fingerprint density at radius 1 is 0.931 bits per heavy atom. The van der Waals surface area contributed by atoms with E-state index < -0.39 is 0 Å². The maximum Gasteiger partial charge on any atom is 0.225 e. The van der Waals surface area contributed by atoms with E-state index in [1.165, 1.54) is 58.0 Å². The van der Waals surface area contributed by atoms with Gasteiger partial charge in [-0.3, -0.25) is 14.5 Å². The Balaban J connectivity index is 1.25. The van der Waals surface area contributed by atoms with Crippen LogP contribution in [-0.2, 0) is 9.59 Å². The zero-order chi connectivity index (χ0) is 19.8. The van der Waals surface area contributed by atoms with E-state index in [4.69, 9.17) is 0 Å². The van der Waals surface area contributed by atoms with Crippen molar-refractivity contribution < 1.29 is 9.59 Å². The minimum atomic E-state index is 0.213. The van der Waals surface area contributed by atoms with Gasteiger partial charge >= 0.3 is 0 Å². The summed E-state index contributed by atoms with van der Waals surface area (Å²) in [6, 6.07) is 1.05. The van der Waals surface area contributed by atoms with Crippen LogP contribution in [0.25, 0.3) is 0 Å². The molecule has 5 aliphatic rings. The Morgan fingerprint density at radius 2 is 1.72 bits per heavy atom. The van der Waals surface area contributed by atoms with Crippen molar-refractivity contribution in [1.82, 2.24) is 15.1 Å². The molecule has 0 aromatic rings. The first kappa shape index (κ1) is 19.8. The van der Waals surface area contributed by atoms with Crippen LogP contribution in [0, 0.1) is 23.7 Å². The van der Waals surface area contributed by atoms with Gasteiger partial charge in [-0.25, -0.2) is 0 Å². The normalized spacial score (nSPS) is 35.0. The molecule has 5 nitrogen and oxygen atoms in total. The smallest absolute Gasteiger partial charge is 0.225 e. The van der Waals surface area contributed by atoms with Gasteiger partial charge < -0.3 is 10.2 Å². The SMILES string of the molecule is O=C(CCC[C@@H]1[C@H]2CCCN3CCC[C@@H](CN1C(=O)C1CCC1)[C@@H]23)NCC1CC1. The van der Waals surface area contributed by atoms with E-state index in [1.54, 1.807) is 0 Å². The molecule has 5 heteroatoms. The molecule has 162 valence electrons. The molecule has 2 aliphatic carbocycles. The summed E-state index contributed by atoms with van der Waals surface area (Å²) in [5.41, 5.74) is 0. The highest BCUT2D eigenvalue weighted by molar-refractivity contribution is 5.80. The molecule has 2 saturated carbocycles. The van der Waals surface area contributed by atoms with Crippen LogP contribution in [0.1, 0.15) is 77.0 Å². The number of rotatable bonds is 7. The van der Waals surface area contributed by atoms with Gasteiger partial charge in [-0.1, -0.05) is 6.42 Å². The standard InChI is InChI=1S/C24H39N3O2/c28-22(25-15-17-11-12-17)10-2-9-21-20-8-4-14-26-13-3-7-19(23(20)26)16-27(21)24(29)18-5-1-6-18/h17-21,23H,1-16H2,(H,25,28)/t19-,20+,21+,23-/m0/s1. The average Bonchev–Trinajstić information content (AvgIpc) is 3.51. The minimum Gasteiger partial charge on any atom is -0.356 e. The van der Waals surface area contributed by atoms with Crippen molar-refractivity contribution >= 4 is 11.8 Å². The third kappa shape index (κ3) is 4.22. The Kier molecular flexibility index (Phi) is 5.86. The predicted octanol–water partition coefficient (Wildman–Crippen LogP) is 3.18. The monoisotopic (exact) mass is 401 g/mol. The Labute approximate surface area is 175 Å². The molecule has 0 bridgehead atoms. The summed E-state index contributed by atoms with van der Waals surface area (Å²) in [7, 11) is 0. The highest BCUT2D eigenvalue weighted by atomic mass is 16.2. The molecule has 0 unspecified atom stereocenters. The van der Waals surface area contributed by atoms with Gasteiger partial charge in [0.25, 0.3) is 0 Å². The molecule has 0 spiro atoms. The van der Waals surface area contributed by atoms with Gasteiger partial charge in [-0.2, -0.15) is 0 Å². The van der Waals surface area contributed by atoms with E-state index in [-0.39, 0.29) is 5.91 Å². The van der Waals surface area contributed by atoms with Gasteiger partial charge in [0, 0.05) is 37.5 Å². The quantitative estimate of drug-likeness (QED) is 0.713. The largest absolute Gasteiger partial charge is 0.356 e. The number of carbonyl (C=O) groups is 2. The summed E-state index contributed by atoms with van der Waals surface area (Å²) in [6.07, 6.45) is 13.7. The average molecular weight is 402 g/mol. The van der Waals surface area contributed by atoms with Crippen LogP contribution in [0.2, 0.25) is 0 Å². The van der Waals surface area contributed by atoms with Crippen molar-refractivity contribution in [2.75, 3.05) is 26.2 Å². The Hall–Kier alpha value is -1.10. The van der Waals surface area contributed by atoms with Gasteiger partial charge in [0.2, 0.25) is 11.8 Å². The summed E-state index contributed by atoms with van der Waals surface area (Å²) in [4.78, 5) is 30.7. The fourth-order valence-corrected chi connectivity index (χ4v) is 6.65. The summed E-state index contributed by atoms with van der Waals surface area (Å²) in [6.45, 7) is 4.36. The third-order valence-electron chi connectivity index (χ3n) is 8.60. The van der Waals surface area contributed by atoms with Crippen LogP contribution < -0.4 is 5.32 Å². The first-order valence-corrected chi connectivity index (χ1v) is 12.5. The fraction of sp³-hybridized carbons (Fsp3) is 0.917. The van der Waals surface area contributed by atoms with Crippen molar-refractivity contribution in [3.05, 3.63) is 0 Å². The molecule has 5 rings (SSSR count). The molecule has 3 aliphatic heterocycles. The summed E-state index contributed by atoms with van der Waals surface area (Å²) in [5, 5.41) is 3.11. The summed E-state index contributed by atoms with van der Waals surface area (Å²) >= 11 is 0. The van der Waals surface area contributed by atoms with Crippen molar-refractivity contribution in [1.29, 1.82) is 0 Å². The lowest BCUT2D eigenvalue weighted by molar-refractivity contribution is -0.153. The van der Waals surface area contributed by atoms with Crippen LogP contribution in [0.4, 0.5) is 0 Å². The topological polar surface area (TPSA) is 52.7 Å². The van der Waals surface area contributed by atoms with Crippen LogP contribution in [0.5, 0.6) is 0 Å². The highest BCUT2D eigenvalue weighted by Crippen LogP contribution is 2.44. The van der Waals surface area contributed by atoms with Crippen molar-refractivity contribution in [2.45, 2.75) is 89.1 Å². The zero-order valence-electron chi connectivity index (χ0n) is 18.0. The molecule has 5 fully saturated rings. The van der Waals surface area contributed by atoms with Gasteiger partial charge in [-0.15, -0.1) is 0 Å². The van der Waals surface area contributed by atoms with Crippen LogP contribution in [0.3, 0.4) is 0 Å². The van der Waals surface area contributed by atoms with Gasteiger partial charge in [0.15, 0.2) is 0 Å². The highest BCUT2D eigenvalue weighted by Gasteiger charge is 2.50. The van der Waals surface area contributed by atoms with E-state index in [9.17, 15) is 9.59 Å². The van der Waals surface area contributed by atoms with Crippen molar-refractivity contribution in [3.8, 4) is 0 Å². The van der Waals surface area contributed by atoms with E-state index >= 15 is 0 Å². The maximum atomic E-state index is 13.3. The Bertz CT molecular complexity index is 613. The number of nitrogens with one attached hydrogen (secondary N) is 1. The molecule has 29 heavy (non-hydrogen) atoms. The molecule has 3 heterocycles. The first-order chi connectivity index (χ1) is 14.2. The molecule has 2 amide bonds. The number of nitrogens with zero attached hydrogens (tertiary/aromatic N) is 2. The molecule has 0 aromatic carbocycles. The van der Waals surface area contributed by atoms with Crippen LogP contribution >= 0.6 is 0 Å². The van der Waals surface area contributed by atoms with Crippen molar-refractivity contribution in [2.24, 2.45) is 23.7 Å². The van der Waals surface area contributed by atoms with E-state index in [2.05, 4.69) is 15.1 Å². The summed E-state index contributed by atoms with van der Waals surface area (Å²) < 4.78 is 0. The molecule has 3 saturated heterocycles. The molecule has 1 N–H and O–H groups in total. The lowest BCUT2D eigenvalue weighted by atomic mass is 9.68. The third-order valence-corrected chi connectivity index (χ3v) is 8.60. The number of hydrogen-bond acceptors (Lipinski definition) is 3. The molecule has 0 radical (unpaired) electrons. The Morgan fingerprint density at radius 3 is 2.45 bits per heavy atom. The number of likely N-dealkylation sites (tertiary alicyclic amines) is 1. The fourth-order valence-electron chi connectivity index (χ4n) is 6.65. The van der Waals surface area contributed by atoms with E-state index in [0.29, 0.717) is 42.2 Å². The number of carbonyl (C=O) groups excluding carboxylic acids is 2. The zero-order valence-corrected chi connectivity index (χ0v) is 18.0. The van der Waals surface area contributed by atoms with Gasteiger partial charge in [0.05, 0.1) is 0 Å². The number of hydrogen-bond donors (Lipinski definition) is 1. The maximum absolute atomic E-state index is 13.3. The van der Waals surface area contributed by atoms with Gasteiger partial charge in [-0.05, 0) is 95.1 Å².